The Hall–Kier alpha value is -3.16. The van der Waals surface area contributed by atoms with Crippen LogP contribution in [0.1, 0.15) is 40.6 Å². The number of hydrogen-bond donors (Lipinski definition) is 3. The van der Waals surface area contributed by atoms with Crippen molar-refractivity contribution in [3.63, 3.8) is 0 Å². The number of carbonyl (C=O) groups excluding carboxylic acids is 1. The molecule has 14 heteroatoms. The van der Waals surface area contributed by atoms with Crippen LogP contribution in [-0.4, -0.2) is 64.4 Å². The highest BCUT2D eigenvalue weighted by Crippen LogP contribution is 2.33. The van der Waals surface area contributed by atoms with Gasteiger partial charge in [0.05, 0.1) is 22.1 Å². The maximum absolute atomic E-state index is 13.8. The molecule has 0 aliphatic carbocycles. The minimum absolute atomic E-state index is 0.0217. The van der Waals surface area contributed by atoms with Gasteiger partial charge in [-0.25, -0.2) is 23.7 Å². The molecular weight excluding hydrogens is 533 g/mol. The van der Waals surface area contributed by atoms with Crippen LogP contribution in [-0.2, 0) is 6.18 Å². The molecule has 204 valence electrons. The number of halogens is 6. The van der Waals surface area contributed by atoms with Crippen LogP contribution in [0.15, 0.2) is 36.7 Å². The number of rotatable bonds is 8. The topological polar surface area (TPSA) is 109 Å². The zero-order valence-corrected chi connectivity index (χ0v) is 20.8. The Kier molecular flexibility index (Phi) is 8.28. The van der Waals surface area contributed by atoms with E-state index in [0.29, 0.717) is 29.8 Å². The van der Waals surface area contributed by atoms with Gasteiger partial charge in [-0.15, -0.1) is 0 Å². The fourth-order valence-corrected chi connectivity index (χ4v) is 4.51. The van der Waals surface area contributed by atoms with Gasteiger partial charge in [0.2, 0.25) is 5.82 Å². The highest BCUT2D eigenvalue weighted by atomic mass is 35.5. The smallest absolute Gasteiger partial charge is 0.369 e. The monoisotopic (exact) mass is 557 g/mol. The van der Waals surface area contributed by atoms with E-state index >= 15 is 0 Å². The predicted molar refractivity (Wildman–Crippen MR) is 132 cm³/mol. The Labute approximate surface area is 219 Å². The van der Waals surface area contributed by atoms with Gasteiger partial charge in [0.25, 0.3) is 11.8 Å². The SMILES string of the molecule is NCCNc1ccc2c(C(=O)NCC(c3cnc(C(F)(F)F)nc3)N3CCC(F)(F)CC3)c(Cl)ccc2n1. The lowest BCUT2D eigenvalue weighted by molar-refractivity contribution is -0.145. The van der Waals surface area contributed by atoms with Crippen LogP contribution < -0.4 is 16.4 Å². The summed E-state index contributed by atoms with van der Waals surface area (Å²) in [6, 6.07) is 5.83. The number of nitrogens with two attached hydrogens (primary N) is 1. The van der Waals surface area contributed by atoms with Gasteiger partial charge in [0, 0.05) is 68.9 Å². The van der Waals surface area contributed by atoms with Gasteiger partial charge in [0.15, 0.2) is 0 Å². The third kappa shape index (κ3) is 6.45. The van der Waals surface area contributed by atoms with Gasteiger partial charge in [0.1, 0.15) is 5.82 Å². The largest absolute Gasteiger partial charge is 0.451 e. The van der Waals surface area contributed by atoms with Crippen LogP contribution in [0.5, 0.6) is 0 Å². The molecule has 1 atom stereocenters. The molecule has 2 aromatic heterocycles. The summed E-state index contributed by atoms with van der Waals surface area (Å²) in [4.78, 5) is 26.2. The number of benzene rings is 1. The summed E-state index contributed by atoms with van der Waals surface area (Å²) in [6.07, 6.45) is -3.55. The Balaban J connectivity index is 1.58. The third-order valence-corrected chi connectivity index (χ3v) is 6.55. The second-order valence-electron chi connectivity index (χ2n) is 8.86. The summed E-state index contributed by atoms with van der Waals surface area (Å²) in [5.74, 6) is -4.13. The molecule has 0 radical (unpaired) electrons. The fraction of sp³-hybridized carbons (Fsp3) is 0.417. The number of anilines is 1. The van der Waals surface area contributed by atoms with E-state index in [1.165, 1.54) is 6.07 Å². The lowest BCUT2D eigenvalue weighted by atomic mass is 10.0. The van der Waals surface area contributed by atoms with Crippen molar-refractivity contribution in [2.45, 2.75) is 31.0 Å². The average Bonchev–Trinajstić information content (AvgIpc) is 2.88. The fourth-order valence-electron chi connectivity index (χ4n) is 4.26. The summed E-state index contributed by atoms with van der Waals surface area (Å²) >= 11 is 6.35. The van der Waals surface area contributed by atoms with Crippen LogP contribution in [0.2, 0.25) is 5.02 Å². The number of likely N-dealkylation sites (tertiary alicyclic amines) is 1. The molecule has 0 saturated carbocycles. The van der Waals surface area contributed by atoms with Crippen molar-refractivity contribution in [1.82, 2.24) is 25.2 Å². The molecule has 0 bridgehead atoms. The Morgan fingerprint density at radius 3 is 2.45 bits per heavy atom. The number of pyridine rings is 1. The zero-order chi connectivity index (χ0) is 27.5. The number of alkyl halides is 5. The van der Waals surface area contributed by atoms with E-state index in [1.807, 2.05) is 0 Å². The summed E-state index contributed by atoms with van der Waals surface area (Å²) in [5, 5.41) is 6.46. The molecule has 1 aliphatic heterocycles. The molecule has 8 nitrogen and oxygen atoms in total. The number of nitrogens with zero attached hydrogens (tertiary/aromatic N) is 4. The number of amides is 1. The predicted octanol–water partition coefficient (Wildman–Crippen LogP) is 4.27. The molecule has 4 N–H and O–H groups in total. The van der Waals surface area contributed by atoms with Crippen LogP contribution in [0, 0.1) is 0 Å². The molecule has 1 unspecified atom stereocenters. The number of nitrogens with one attached hydrogen (secondary N) is 2. The van der Waals surface area contributed by atoms with Crippen molar-refractivity contribution >= 4 is 34.2 Å². The van der Waals surface area contributed by atoms with E-state index in [9.17, 15) is 26.7 Å². The highest BCUT2D eigenvalue weighted by molar-refractivity contribution is 6.35. The van der Waals surface area contributed by atoms with Crippen LogP contribution in [0.3, 0.4) is 0 Å². The number of piperidine rings is 1. The first kappa shape index (κ1) is 27.9. The van der Waals surface area contributed by atoms with Crippen molar-refractivity contribution in [2.75, 3.05) is 38.0 Å². The molecular formula is C24H25ClF5N7O. The molecule has 38 heavy (non-hydrogen) atoms. The molecule has 4 rings (SSSR count). The number of hydrogen-bond acceptors (Lipinski definition) is 7. The van der Waals surface area contributed by atoms with Crippen LogP contribution >= 0.6 is 11.6 Å². The minimum atomic E-state index is -4.73. The standard InChI is InChI=1S/C24H25ClF5N7O/c25-16-2-3-17-15(1-4-19(36-17)32-8-7-31)20(16)21(38)33-13-18(37-9-5-23(26,27)6-10-37)14-11-34-22(35-12-14)24(28,29)30/h1-4,11-12,18H,5-10,13,31H2,(H,32,36)(H,33,38). The molecule has 0 spiro atoms. The molecule has 1 aliphatic rings. The summed E-state index contributed by atoms with van der Waals surface area (Å²) in [5.41, 5.74) is 6.43. The highest BCUT2D eigenvalue weighted by Gasteiger charge is 2.38. The first-order valence-corrected chi connectivity index (χ1v) is 12.2. The first-order chi connectivity index (χ1) is 18.0. The van der Waals surface area contributed by atoms with Crippen molar-refractivity contribution in [3.05, 3.63) is 58.6 Å². The third-order valence-electron chi connectivity index (χ3n) is 6.23. The molecule has 3 heterocycles. The maximum Gasteiger partial charge on any atom is 0.451 e. The summed E-state index contributed by atoms with van der Waals surface area (Å²) < 4.78 is 66.4. The summed E-state index contributed by atoms with van der Waals surface area (Å²) in [6.45, 7) is 0.776. The zero-order valence-electron chi connectivity index (χ0n) is 20.0. The van der Waals surface area contributed by atoms with Crippen molar-refractivity contribution < 1.29 is 26.7 Å². The van der Waals surface area contributed by atoms with E-state index in [0.717, 1.165) is 12.4 Å². The maximum atomic E-state index is 13.8. The quantitative estimate of drug-likeness (QED) is 0.355. The van der Waals surface area contributed by atoms with E-state index in [-0.39, 0.29) is 35.8 Å². The minimum Gasteiger partial charge on any atom is -0.369 e. The van der Waals surface area contributed by atoms with Crippen molar-refractivity contribution in [3.8, 4) is 0 Å². The van der Waals surface area contributed by atoms with Crippen molar-refractivity contribution in [2.24, 2.45) is 5.73 Å². The molecule has 1 fully saturated rings. The van der Waals surface area contributed by atoms with Gasteiger partial charge >= 0.3 is 6.18 Å². The Bertz CT molecular complexity index is 1280. The Morgan fingerprint density at radius 2 is 1.82 bits per heavy atom. The second kappa shape index (κ2) is 11.3. The van der Waals surface area contributed by atoms with Crippen LogP contribution in [0.25, 0.3) is 10.9 Å². The normalized spacial score (nSPS) is 16.8. The Morgan fingerprint density at radius 1 is 1.13 bits per heavy atom. The van der Waals surface area contributed by atoms with Crippen LogP contribution in [0.4, 0.5) is 27.8 Å². The average molecular weight is 558 g/mol. The summed E-state index contributed by atoms with van der Waals surface area (Å²) in [7, 11) is 0. The van der Waals surface area contributed by atoms with Gasteiger partial charge < -0.3 is 16.4 Å². The van der Waals surface area contributed by atoms with Crippen molar-refractivity contribution in [1.29, 1.82) is 0 Å². The second-order valence-corrected chi connectivity index (χ2v) is 9.26. The number of fused-ring (bicyclic) bond motifs is 1. The number of aromatic nitrogens is 3. The van der Waals surface area contributed by atoms with E-state index < -0.39 is 42.7 Å². The van der Waals surface area contributed by atoms with Gasteiger partial charge in [-0.3, -0.25) is 9.69 Å². The van der Waals surface area contributed by atoms with E-state index in [1.54, 1.807) is 23.1 Å². The lowest BCUT2D eigenvalue weighted by Gasteiger charge is -2.37. The number of carbonyl (C=O) groups is 1. The molecule has 1 aromatic carbocycles. The lowest BCUT2D eigenvalue weighted by Crippen LogP contribution is -2.45. The van der Waals surface area contributed by atoms with Gasteiger partial charge in [-0.05, 0) is 24.3 Å². The van der Waals surface area contributed by atoms with E-state index in [2.05, 4.69) is 25.6 Å². The molecule has 1 saturated heterocycles. The van der Waals surface area contributed by atoms with Gasteiger partial charge in [-0.2, -0.15) is 13.2 Å². The molecule has 1 amide bonds. The first-order valence-electron chi connectivity index (χ1n) is 11.8. The van der Waals surface area contributed by atoms with Gasteiger partial charge in [-0.1, -0.05) is 11.6 Å². The van der Waals surface area contributed by atoms with E-state index in [4.69, 9.17) is 17.3 Å². The molecule has 3 aromatic rings.